The van der Waals surface area contributed by atoms with E-state index in [0.29, 0.717) is 21.7 Å². The van der Waals surface area contributed by atoms with Crippen molar-refractivity contribution in [3.8, 4) is 5.69 Å². The van der Waals surface area contributed by atoms with Gasteiger partial charge in [0.25, 0.3) is 5.56 Å². The number of halogens is 1. The number of nitrogens with zero attached hydrogens (tertiary/aromatic N) is 2. The van der Waals surface area contributed by atoms with E-state index in [9.17, 15) is 4.79 Å². The number of hydrogen-bond donors (Lipinski definition) is 0. The van der Waals surface area contributed by atoms with E-state index < -0.39 is 0 Å². The van der Waals surface area contributed by atoms with Gasteiger partial charge in [0.05, 0.1) is 16.6 Å². The first-order valence-electron chi connectivity index (χ1n) is 8.23. The third-order valence-corrected chi connectivity index (χ3v) is 4.32. The average molecular weight is 359 g/mol. The summed E-state index contributed by atoms with van der Waals surface area (Å²) in [4.78, 5) is 17.8. The second-order valence-electron chi connectivity index (χ2n) is 5.85. The third kappa shape index (κ3) is 3.17. The first kappa shape index (κ1) is 16.3. The fourth-order valence-corrected chi connectivity index (χ4v) is 3.07. The monoisotopic (exact) mass is 358 g/mol. The Kier molecular flexibility index (Phi) is 4.38. The predicted molar refractivity (Wildman–Crippen MR) is 108 cm³/mol. The van der Waals surface area contributed by atoms with E-state index >= 15 is 0 Å². The van der Waals surface area contributed by atoms with Crippen molar-refractivity contribution in [2.24, 2.45) is 0 Å². The minimum atomic E-state index is -0.0902. The van der Waals surface area contributed by atoms with Gasteiger partial charge in [0, 0.05) is 5.02 Å². The quantitative estimate of drug-likeness (QED) is 0.504. The Hall–Kier alpha value is -3.17. The molecule has 0 fully saturated rings. The molecule has 0 aliphatic rings. The fraction of sp³-hybridized carbons (Fsp3) is 0. The van der Waals surface area contributed by atoms with Crippen LogP contribution in [0.3, 0.4) is 0 Å². The molecule has 0 N–H and O–H groups in total. The molecular formula is C22H15ClN2O. The highest BCUT2D eigenvalue weighted by Gasteiger charge is 2.10. The maximum Gasteiger partial charge on any atom is 0.266 e. The van der Waals surface area contributed by atoms with Crippen LogP contribution in [-0.4, -0.2) is 9.55 Å². The van der Waals surface area contributed by atoms with E-state index in [-0.39, 0.29) is 5.56 Å². The number of aromatic nitrogens is 2. The van der Waals surface area contributed by atoms with Crippen molar-refractivity contribution in [2.75, 3.05) is 0 Å². The van der Waals surface area contributed by atoms with Crippen LogP contribution >= 0.6 is 11.6 Å². The van der Waals surface area contributed by atoms with Gasteiger partial charge in [0.1, 0.15) is 5.82 Å². The molecule has 26 heavy (non-hydrogen) atoms. The number of para-hydroxylation sites is 2. The zero-order chi connectivity index (χ0) is 17.9. The number of rotatable bonds is 3. The van der Waals surface area contributed by atoms with Crippen molar-refractivity contribution in [1.29, 1.82) is 0 Å². The van der Waals surface area contributed by atoms with E-state index in [2.05, 4.69) is 0 Å². The predicted octanol–water partition coefficient (Wildman–Crippen LogP) is 5.21. The van der Waals surface area contributed by atoms with Crippen LogP contribution in [0.15, 0.2) is 83.7 Å². The Morgan fingerprint density at radius 3 is 2.42 bits per heavy atom. The van der Waals surface area contributed by atoms with Crippen LogP contribution in [0, 0.1) is 0 Å². The third-order valence-electron chi connectivity index (χ3n) is 4.09. The normalized spacial score (nSPS) is 11.3. The van der Waals surface area contributed by atoms with Crippen LogP contribution in [0.2, 0.25) is 5.02 Å². The minimum Gasteiger partial charge on any atom is -0.268 e. The number of benzene rings is 3. The summed E-state index contributed by atoms with van der Waals surface area (Å²) >= 11 is 6.05. The van der Waals surface area contributed by atoms with E-state index in [1.807, 2.05) is 84.9 Å². The summed E-state index contributed by atoms with van der Waals surface area (Å²) in [6.07, 6.45) is 3.74. The average Bonchev–Trinajstić information content (AvgIpc) is 2.67. The Morgan fingerprint density at radius 2 is 1.62 bits per heavy atom. The minimum absolute atomic E-state index is 0.0902. The standard InChI is InChI=1S/C22H15ClN2O/c23-17-8-6-7-16(15-17)13-14-21-24-20-12-5-4-11-19(20)22(26)25(21)18-9-2-1-3-10-18/h1-15H. The van der Waals surface area contributed by atoms with Crippen LogP contribution in [-0.2, 0) is 0 Å². The highest BCUT2D eigenvalue weighted by Crippen LogP contribution is 2.16. The van der Waals surface area contributed by atoms with Crippen LogP contribution in [0.25, 0.3) is 28.7 Å². The van der Waals surface area contributed by atoms with Gasteiger partial charge in [0.2, 0.25) is 0 Å². The molecule has 3 aromatic carbocycles. The lowest BCUT2D eigenvalue weighted by atomic mass is 10.2. The zero-order valence-corrected chi connectivity index (χ0v) is 14.6. The Morgan fingerprint density at radius 1 is 0.846 bits per heavy atom. The van der Waals surface area contributed by atoms with Gasteiger partial charge in [-0.15, -0.1) is 0 Å². The molecule has 0 aliphatic carbocycles. The van der Waals surface area contributed by atoms with E-state index in [1.54, 1.807) is 10.6 Å². The Labute approximate surface area is 155 Å². The first-order chi connectivity index (χ1) is 12.7. The lowest BCUT2D eigenvalue weighted by Crippen LogP contribution is -2.22. The van der Waals surface area contributed by atoms with Crippen molar-refractivity contribution in [2.45, 2.75) is 0 Å². The van der Waals surface area contributed by atoms with Crippen molar-refractivity contribution >= 4 is 34.7 Å². The summed E-state index contributed by atoms with van der Waals surface area (Å²) in [5.74, 6) is 0.569. The highest BCUT2D eigenvalue weighted by molar-refractivity contribution is 6.30. The van der Waals surface area contributed by atoms with Crippen molar-refractivity contribution in [3.63, 3.8) is 0 Å². The molecule has 0 spiro atoms. The van der Waals surface area contributed by atoms with Gasteiger partial charge in [-0.2, -0.15) is 0 Å². The Bertz CT molecular complexity index is 1160. The summed E-state index contributed by atoms with van der Waals surface area (Å²) in [5, 5.41) is 1.26. The molecule has 0 amide bonds. The summed E-state index contributed by atoms with van der Waals surface area (Å²) in [5.41, 5.74) is 2.31. The summed E-state index contributed by atoms with van der Waals surface area (Å²) in [6, 6.07) is 24.4. The number of fused-ring (bicyclic) bond motifs is 1. The summed E-state index contributed by atoms with van der Waals surface area (Å²) < 4.78 is 1.63. The van der Waals surface area contributed by atoms with Gasteiger partial charge < -0.3 is 0 Å². The summed E-state index contributed by atoms with van der Waals surface area (Å²) in [7, 11) is 0. The lowest BCUT2D eigenvalue weighted by Gasteiger charge is -2.11. The molecular weight excluding hydrogens is 344 g/mol. The van der Waals surface area contributed by atoms with E-state index in [0.717, 1.165) is 11.3 Å². The maximum atomic E-state index is 13.1. The molecule has 1 heterocycles. The molecule has 0 radical (unpaired) electrons. The maximum absolute atomic E-state index is 13.1. The lowest BCUT2D eigenvalue weighted by molar-refractivity contribution is 0.944. The molecule has 0 aliphatic heterocycles. The largest absolute Gasteiger partial charge is 0.268 e. The van der Waals surface area contributed by atoms with Gasteiger partial charge >= 0.3 is 0 Å². The second-order valence-corrected chi connectivity index (χ2v) is 6.29. The topological polar surface area (TPSA) is 34.9 Å². The van der Waals surface area contributed by atoms with Crippen LogP contribution in [0.4, 0.5) is 0 Å². The first-order valence-corrected chi connectivity index (χ1v) is 8.61. The molecule has 0 saturated carbocycles. The van der Waals surface area contributed by atoms with E-state index in [4.69, 9.17) is 16.6 Å². The van der Waals surface area contributed by atoms with Crippen LogP contribution in [0.1, 0.15) is 11.4 Å². The molecule has 1 aromatic heterocycles. The molecule has 0 atom stereocenters. The van der Waals surface area contributed by atoms with Gasteiger partial charge in [-0.25, -0.2) is 4.98 Å². The van der Waals surface area contributed by atoms with Crippen molar-refractivity contribution < 1.29 is 0 Å². The molecule has 0 bridgehead atoms. The highest BCUT2D eigenvalue weighted by atomic mass is 35.5. The molecule has 0 saturated heterocycles. The van der Waals surface area contributed by atoms with Crippen molar-refractivity contribution in [3.05, 3.63) is 106 Å². The fourth-order valence-electron chi connectivity index (χ4n) is 2.87. The molecule has 0 unspecified atom stereocenters. The molecule has 126 valence electrons. The van der Waals surface area contributed by atoms with E-state index in [1.165, 1.54) is 0 Å². The second kappa shape index (κ2) is 6.98. The summed E-state index contributed by atoms with van der Waals surface area (Å²) in [6.45, 7) is 0. The molecule has 3 nitrogen and oxygen atoms in total. The zero-order valence-electron chi connectivity index (χ0n) is 13.8. The van der Waals surface area contributed by atoms with Crippen LogP contribution < -0.4 is 5.56 Å². The van der Waals surface area contributed by atoms with Gasteiger partial charge in [0.15, 0.2) is 0 Å². The molecule has 4 rings (SSSR count). The SMILES string of the molecule is O=c1c2ccccc2nc(C=Cc2cccc(Cl)c2)n1-c1ccccc1. The van der Waals surface area contributed by atoms with Gasteiger partial charge in [-0.3, -0.25) is 9.36 Å². The smallest absolute Gasteiger partial charge is 0.266 e. The van der Waals surface area contributed by atoms with Gasteiger partial charge in [-0.1, -0.05) is 60.1 Å². The molecule has 4 aromatic rings. The Balaban J connectivity index is 1.94. The number of hydrogen-bond acceptors (Lipinski definition) is 2. The van der Waals surface area contributed by atoms with Crippen LogP contribution in [0.5, 0.6) is 0 Å². The van der Waals surface area contributed by atoms with Gasteiger partial charge in [-0.05, 0) is 48.0 Å². The molecule has 4 heteroatoms. The van der Waals surface area contributed by atoms with Crippen molar-refractivity contribution in [1.82, 2.24) is 9.55 Å².